The van der Waals surface area contributed by atoms with Gasteiger partial charge in [0.25, 0.3) is 0 Å². The van der Waals surface area contributed by atoms with Crippen LogP contribution in [0, 0.1) is 0 Å². The van der Waals surface area contributed by atoms with Gasteiger partial charge < -0.3 is 11.0 Å². The summed E-state index contributed by atoms with van der Waals surface area (Å²) in [6.07, 6.45) is 0. The average molecular weight is 141 g/mol. The van der Waals surface area contributed by atoms with Gasteiger partial charge in [0.2, 0.25) is 0 Å². The zero-order valence-corrected chi connectivity index (χ0v) is 4.20. The number of halogens is 3. The second-order valence-electron chi connectivity index (χ2n) is 0.214. The first kappa shape index (κ1) is 16.1. The van der Waals surface area contributed by atoms with Crippen LogP contribution in [0.15, 0.2) is 0 Å². The monoisotopic (exact) mass is 141 g/mol. The van der Waals surface area contributed by atoms with Crippen molar-refractivity contribution >= 4 is 0 Å². The van der Waals surface area contributed by atoms with E-state index in [1.807, 2.05) is 0 Å². The summed E-state index contributed by atoms with van der Waals surface area (Å²) < 4.78 is 29.5. The van der Waals surface area contributed by atoms with Gasteiger partial charge in [0.15, 0.2) is 0 Å². The zero-order chi connectivity index (χ0) is 3.58. The molecule has 0 aliphatic carbocycles. The van der Waals surface area contributed by atoms with Gasteiger partial charge >= 0.3 is 28.8 Å². The molecule has 0 spiro atoms. The fraction of sp³-hybridized carbons (Fsp3) is 0. The van der Waals surface area contributed by atoms with Crippen molar-refractivity contribution in [3.05, 3.63) is 0 Å². The van der Waals surface area contributed by atoms with Crippen molar-refractivity contribution < 1.29 is 39.7 Å². The predicted molar refractivity (Wildman–Crippen MR) is 10.6 cm³/mol. The predicted octanol–water partition coefficient (Wildman–Crippen LogP) is -0.391. The summed E-state index contributed by atoms with van der Waals surface area (Å²) in [6, 6.07) is 0. The van der Waals surface area contributed by atoms with Gasteiger partial charge in [0.05, 0.1) is 0 Å². The first-order valence-corrected chi connectivity index (χ1v) is 2.34. The van der Waals surface area contributed by atoms with Crippen molar-refractivity contribution in [2.24, 2.45) is 0 Å². The van der Waals surface area contributed by atoms with Gasteiger partial charge in [-0.25, -0.2) is 0 Å². The van der Waals surface area contributed by atoms with Crippen LogP contribution >= 0.6 is 0 Å². The van der Waals surface area contributed by atoms with Gasteiger partial charge in [-0.15, -0.1) is 0 Å². The molecule has 0 aliphatic heterocycles. The third-order valence-electron chi connectivity index (χ3n) is 0. The Balaban J connectivity index is -0.0000000450. The van der Waals surface area contributed by atoms with Crippen LogP contribution in [0.2, 0.25) is 0 Å². The summed E-state index contributed by atoms with van der Waals surface area (Å²) in [4.78, 5) is 0. The van der Waals surface area contributed by atoms with E-state index in [1.54, 1.807) is 0 Å². The Kier molecular flexibility index (Phi) is 24.3. The molecule has 0 aromatic carbocycles. The molecular weight excluding hydrogens is 137 g/mol. The molecule has 0 aliphatic rings. The van der Waals surface area contributed by atoms with E-state index >= 15 is 0 Å². The minimum absolute atomic E-state index is 0. The molecule has 0 aromatic heterocycles. The van der Waals surface area contributed by atoms with Gasteiger partial charge in [0.1, 0.15) is 0 Å². The molecule has 0 rings (SSSR count). The Labute approximate surface area is 40.4 Å². The normalized spacial score (nSPS) is 4.50. The molecule has 0 unspecified atom stereocenters. The van der Waals surface area contributed by atoms with E-state index in [0.717, 1.165) is 0 Å². The molecule has 0 aromatic rings. The SMILES string of the molecule is O.O.[F][Ti]([F])[F]. The molecule has 0 heterocycles. The molecule has 2 nitrogen and oxygen atoms in total. The Morgan fingerprint density at radius 1 is 0.833 bits per heavy atom. The standard InChI is InChI=1S/3FH.2H2O.Ti/h3*1H;2*1H2;/q;;;;;+3/p-3. The van der Waals surface area contributed by atoms with E-state index in [2.05, 4.69) is 0 Å². The van der Waals surface area contributed by atoms with Crippen LogP contribution in [0.3, 0.4) is 0 Å². The molecule has 6 heavy (non-hydrogen) atoms. The average Bonchev–Trinajstić information content (AvgIpc) is 0.811. The molecule has 0 saturated carbocycles. The Morgan fingerprint density at radius 2 is 0.833 bits per heavy atom. The van der Waals surface area contributed by atoms with Crippen molar-refractivity contribution in [3.63, 3.8) is 0 Å². The quantitative estimate of drug-likeness (QED) is 0.412. The molecule has 0 radical (unpaired) electrons. The molecule has 0 atom stereocenters. The van der Waals surface area contributed by atoms with Crippen LogP contribution in [0.4, 0.5) is 9.28 Å². The third kappa shape index (κ3) is 288. The second-order valence-corrected chi connectivity index (χ2v) is 0.884. The fourth-order valence-corrected chi connectivity index (χ4v) is 0. The van der Waals surface area contributed by atoms with Gasteiger partial charge in [-0.05, 0) is 0 Å². The van der Waals surface area contributed by atoms with Crippen molar-refractivity contribution in [2.75, 3.05) is 0 Å². The molecule has 41 valence electrons. The van der Waals surface area contributed by atoms with E-state index < -0.39 is 19.5 Å². The van der Waals surface area contributed by atoms with Crippen LogP contribution in [0.1, 0.15) is 0 Å². The van der Waals surface area contributed by atoms with Crippen LogP contribution in [0.5, 0.6) is 0 Å². The van der Waals surface area contributed by atoms with Crippen LogP contribution in [-0.4, -0.2) is 11.0 Å². The van der Waals surface area contributed by atoms with E-state index in [1.165, 1.54) is 0 Å². The van der Waals surface area contributed by atoms with E-state index in [4.69, 9.17) is 0 Å². The molecule has 4 N–H and O–H groups in total. The molecule has 0 saturated heterocycles. The molecule has 0 fully saturated rings. The van der Waals surface area contributed by atoms with Crippen molar-refractivity contribution in [1.29, 1.82) is 0 Å². The maximum atomic E-state index is 9.83. The van der Waals surface area contributed by atoms with Gasteiger partial charge in [0, 0.05) is 0 Å². The van der Waals surface area contributed by atoms with Gasteiger partial charge in [-0.1, -0.05) is 0 Å². The number of hydrogen-bond acceptors (Lipinski definition) is 0. The van der Waals surface area contributed by atoms with Crippen molar-refractivity contribution in [1.82, 2.24) is 0 Å². The summed E-state index contributed by atoms with van der Waals surface area (Å²) in [5, 5.41) is 0. The Hall–Kier alpha value is 0.424. The summed E-state index contributed by atoms with van der Waals surface area (Å²) in [5.74, 6) is 0. The number of hydrogen-bond donors (Lipinski definition) is 0. The zero-order valence-electron chi connectivity index (χ0n) is 2.63. The fourth-order valence-electron chi connectivity index (χ4n) is 0. The van der Waals surface area contributed by atoms with Gasteiger partial charge in [-0.2, -0.15) is 0 Å². The summed E-state index contributed by atoms with van der Waals surface area (Å²) >= 11 is -4.83. The Bertz CT molecular complexity index is 13.5. The molecular formula is H4F3O2Ti. The Morgan fingerprint density at radius 3 is 0.833 bits per heavy atom. The van der Waals surface area contributed by atoms with Crippen LogP contribution in [0.25, 0.3) is 0 Å². The van der Waals surface area contributed by atoms with E-state index in [0.29, 0.717) is 0 Å². The van der Waals surface area contributed by atoms with Crippen LogP contribution < -0.4 is 0 Å². The van der Waals surface area contributed by atoms with Gasteiger partial charge in [-0.3, -0.25) is 0 Å². The molecule has 0 bridgehead atoms. The van der Waals surface area contributed by atoms with E-state index in [-0.39, 0.29) is 11.0 Å². The summed E-state index contributed by atoms with van der Waals surface area (Å²) in [6.45, 7) is 0. The topological polar surface area (TPSA) is 63.0 Å². The number of rotatable bonds is 0. The maximum absolute atomic E-state index is 9.83. The first-order chi connectivity index (χ1) is 1.73. The van der Waals surface area contributed by atoms with E-state index in [9.17, 15) is 9.28 Å². The third-order valence-corrected chi connectivity index (χ3v) is 0. The minimum atomic E-state index is -4.83. The van der Waals surface area contributed by atoms with Crippen molar-refractivity contribution in [2.45, 2.75) is 0 Å². The first-order valence-electron chi connectivity index (χ1n) is 0.567. The molecule has 6 heteroatoms. The van der Waals surface area contributed by atoms with Crippen molar-refractivity contribution in [3.8, 4) is 0 Å². The molecule has 0 amide bonds. The second kappa shape index (κ2) is 9.06. The summed E-state index contributed by atoms with van der Waals surface area (Å²) in [5.41, 5.74) is 0. The van der Waals surface area contributed by atoms with Crippen LogP contribution in [-0.2, 0) is 19.5 Å². The summed E-state index contributed by atoms with van der Waals surface area (Å²) in [7, 11) is 0.